The lowest BCUT2D eigenvalue weighted by Crippen LogP contribution is -2.35. The topological polar surface area (TPSA) is 23.6 Å². The van der Waals surface area contributed by atoms with Crippen molar-refractivity contribution >= 4 is 21.8 Å². The zero-order chi connectivity index (χ0) is 17.5. The van der Waals surface area contributed by atoms with E-state index in [9.17, 15) is 4.79 Å². The van der Waals surface area contributed by atoms with E-state index >= 15 is 0 Å². The molecule has 0 aromatic heterocycles. The fraction of sp³-hybridized carbons (Fsp3) is 0.381. The van der Waals surface area contributed by atoms with E-state index < -0.39 is 0 Å². The van der Waals surface area contributed by atoms with Gasteiger partial charge in [0, 0.05) is 43.6 Å². The van der Waals surface area contributed by atoms with Gasteiger partial charge in [-0.15, -0.1) is 0 Å². The van der Waals surface area contributed by atoms with Crippen LogP contribution in [0.4, 0.5) is 0 Å². The van der Waals surface area contributed by atoms with E-state index in [1.54, 1.807) is 0 Å². The molecular formula is C21H25BrN2O. The van der Waals surface area contributed by atoms with Crippen molar-refractivity contribution in [1.29, 1.82) is 0 Å². The largest absolute Gasteiger partial charge is 0.341 e. The molecular weight excluding hydrogens is 376 g/mol. The zero-order valence-electron chi connectivity index (χ0n) is 14.5. The lowest BCUT2D eigenvalue weighted by atomic mass is 10.1. The van der Waals surface area contributed by atoms with Crippen LogP contribution in [0.15, 0.2) is 59.1 Å². The first-order valence-electron chi connectivity index (χ1n) is 8.99. The first-order valence-corrected chi connectivity index (χ1v) is 9.78. The molecule has 2 aromatic rings. The van der Waals surface area contributed by atoms with Gasteiger partial charge in [0.1, 0.15) is 0 Å². The van der Waals surface area contributed by atoms with E-state index in [1.165, 1.54) is 11.1 Å². The molecule has 1 aliphatic heterocycles. The summed E-state index contributed by atoms with van der Waals surface area (Å²) in [6.07, 6.45) is 2.48. The third kappa shape index (κ3) is 5.68. The van der Waals surface area contributed by atoms with Crippen molar-refractivity contribution in [2.75, 3.05) is 26.2 Å². The second-order valence-corrected chi connectivity index (χ2v) is 7.54. The average molecular weight is 401 g/mol. The van der Waals surface area contributed by atoms with Crippen LogP contribution in [0, 0.1) is 0 Å². The van der Waals surface area contributed by atoms with Crippen LogP contribution in [-0.4, -0.2) is 41.9 Å². The number of benzene rings is 2. The molecule has 3 nitrogen and oxygen atoms in total. The van der Waals surface area contributed by atoms with Crippen LogP contribution >= 0.6 is 15.9 Å². The predicted octanol–water partition coefficient (Wildman–Crippen LogP) is 4.12. The van der Waals surface area contributed by atoms with Crippen molar-refractivity contribution in [2.45, 2.75) is 25.8 Å². The van der Waals surface area contributed by atoms with Crippen molar-refractivity contribution in [3.8, 4) is 0 Å². The number of halogens is 1. The van der Waals surface area contributed by atoms with Crippen LogP contribution in [0.3, 0.4) is 0 Å². The molecule has 0 radical (unpaired) electrons. The summed E-state index contributed by atoms with van der Waals surface area (Å²) >= 11 is 3.54. The van der Waals surface area contributed by atoms with Crippen molar-refractivity contribution in [1.82, 2.24) is 9.80 Å². The van der Waals surface area contributed by atoms with Gasteiger partial charge in [0.25, 0.3) is 0 Å². The summed E-state index contributed by atoms with van der Waals surface area (Å²) in [5.74, 6) is 0.285. The number of hydrogen-bond donors (Lipinski definition) is 0. The summed E-state index contributed by atoms with van der Waals surface area (Å²) in [5.41, 5.74) is 2.56. The molecule has 1 amide bonds. The standard InChI is InChI=1S/C21H25BrN2O/c22-20-9-4-8-19(16-20)17-23-12-5-13-24(15-14-23)21(25)11-10-18-6-2-1-3-7-18/h1-4,6-9,16H,5,10-15,17H2. The van der Waals surface area contributed by atoms with E-state index in [1.807, 2.05) is 23.1 Å². The summed E-state index contributed by atoms with van der Waals surface area (Å²) in [4.78, 5) is 17.0. The van der Waals surface area contributed by atoms with Gasteiger partial charge in [0.2, 0.25) is 5.91 Å². The molecule has 1 aliphatic rings. The Morgan fingerprint density at radius 1 is 0.920 bits per heavy atom. The van der Waals surface area contributed by atoms with Gasteiger partial charge in [-0.25, -0.2) is 0 Å². The Morgan fingerprint density at radius 2 is 1.72 bits per heavy atom. The van der Waals surface area contributed by atoms with Gasteiger partial charge in [-0.3, -0.25) is 9.69 Å². The van der Waals surface area contributed by atoms with Crippen LogP contribution < -0.4 is 0 Å². The average Bonchev–Trinajstić information content (AvgIpc) is 2.86. The van der Waals surface area contributed by atoms with Crippen molar-refractivity contribution in [2.24, 2.45) is 0 Å². The van der Waals surface area contributed by atoms with Gasteiger partial charge in [-0.2, -0.15) is 0 Å². The molecule has 0 N–H and O–H groups in total. The molecule has 3 rings (SSSR count). The lowest BCUT2D eigenvalue weighted by Gasteiger charge is -2.22. The smallest absolute Gasteiger partial charge is 0.222 e. The third-order valence-electron chi connectivity index (χ3n) is 4.71. The minimum absolute atomic E-state index is 0.285. The highest BCUT2D eigenvalue weighted by molar-refractivity contribution is 9.10. The second-order valence-electron chi connectivity index (χ2n) is 6.63. The second kappa shape index (κ2) is 9.16. The molecule has 1 heterocycles. The normalized spacial score (nSPS) is 15.8. The van der Waals surface area contributed by atoms with E-state index in [2.05, 4.69) is 57.2 Å². The monoisotopic (exact) mass is 400 g/mol. The highest BCUT2D eigenvalue weighted by atomic mass is 79.9. The molecule has 0 atom stereocenters. The SMILES string of the molecule is O=C(CCc1ccccc1)N1CCCN(Cc2cccc(Br)c2)CC1. The summed E-state index contributed by atoms with van der Waals surface area (Å²) < 4.78 is 1.12. The van der Waals surface area contributed by atoms with Crippen LogP contribution in [-0.2, 0) is 17.8 Å². The number of hydrogen-bond acceptors (Lipinski definition) is 2. The van der Waals surface area contributed by atoms with E-state index in [0.29, 0.717) is 6.42 Å². The molecule has 0 spiro atoms. The molecule has 132 valence electrons. The molecule has 0 bridgehead atoms. The molecule has 4 heteroatoms. The molecule has 0 aliphatic carbocycles. The first kappa shape index (κ1) is 18.2. The van der Waals surface area contributed by atoms with Gasteiger partial charge in [0.05, 0.1) is 0 Å². The Labute approximate surface area is 158 Å². The highest BCUT2D eigenvalue weighted by Gasteiger charge is 2.19. The maximum atomic E-state index is 12.5. The van der Waals surface area contributed by atoms with Crippen LogP contribution in [0.5, 0.6) is 0 Å². The zero-order valence-corrected chi connectivity index (χ0v) is 16.1. The number of carbonyl (C=O) groups excluding carboxylic acids is 1. The lowest BCUT2D eigenvalue weighted by molar-refractivity contribution is -0.131. The summed E-state index contributed by atoms with van der Waals surface area (Å²) in [5, 5.41) is 0. The molecule has 0 saturated carbocycles. The molecule has 25 heavy (non-hydrogen) atoms. The van der Waals surface area contributed by atoms with Crippen LogP contribution in [0.25, 0.3) is 0 Å². The molecule has 2 aromatic carbocycles. The number of amides is 1. The Bertz CT molecular complexity index is 689. The van der Waals surface area contributed by atoms with Gasteiger partial charge in [-0.1, -0.05) is 58.4 Å². The van der Waals surface area contributed by atoms with E-state index in [0.717, 1.165) is 50.0 Å². The Morgan fingerprint density at radius 3 is 2.52 bits per heavy atom. The number of aryl methyl sites for hydroxylation is 1. The maximum absolute atomic E-state index is 12.5. The number of carbonyl (C=O) groups is 1. The van der Waals surface area contributed by atoms with E-state index in [-0.39, 0.29) is 5.91 Å². The first-order chi connectivity index (χ1) is 12.2. The van der Waals surface area contributed by atoms with Crippen LogP contribution in [0.1, 0.15) is 24.0 Å². The Kier molecular flexibility index (Phi) is 6.65. The fourth-order valence-corrected chi connectivity index (χ4v) is 3.77. The highest BCUT2D eigenvalue weighted by Crippen LogP contribution is 2.15. The molecule has 0 unspecified atom stereocenters. The third-order valence-corrected chi connectivity index (χ3v) is 5.20. The molecule has 1 saturated heterocycles. The van der Waals surface area contributed by atoms with Gasteiger partial charge < -0.3 is 4.90 Å². The van der Waals surface area contributed by atoms with Gasteiger partial charge >= 0.3 is 0 Å². The minimum Gasteiger partial charge on any atom is -0.341 e. The van der Waals surface area contributed by atoms with Crippen LogP contribution in [0.2, 0.25) is 0 Å². The van der Waals surface area contributed by atoms with E-state index in [4.69, 9.17) is 0 Å². The van der Waals surface area contributed by atoms with Crippen molar-refractivity contribution in [3.63, 3.8) is 0 Å². The molecule has 1 fully saturated rings. The summed E-state index contributed by atoms with van der Waals surface area (Å²) in [6.45, 7) is 4.66. The van der Waals surface area contributed by atoms with Crippen molar-refractivity contribution in [3.05, 3.63) is 70.2 Å². The number of nitrogens with zero attached hydrogens (tertiary/aromatic N) is 2. The number of rotatable bonds is 5. The summed E-state index contributed by atoms with van der Waals surface area (Å²) in [7, 11) is 0. The predicted molar refractivity (Wildman–Crippen MR) is 105 cm³/mol. The van der Waals surface area contributed by atoms with Crippen molar-refractivity contribution < 1.29 is 4.79 Å². The Hall–Kier alpha value is -1.65. The quantitative estimate of drug-likeness (QED) is 0.753. The summed E-state index contributed by atoms with van der Waals surface area (Å²) in [6, 6.07) is 18.7. The van der Waals surface area contributed by atoms with Gasteiger partial charge in [0.15, 0.2) is 0 Å². The maximum Gasteiger partial charge on any atom is 0.222 e. The fourth-order valence-electron chi connectivity index (χ4n) is 3.33. The Balaban J connectivity index is 1.48. The minimum atomic E-state index is 0.285. The van der Waals surface area contributed by atoms with Gasteiger partial charge in [-0.05, 0) is 36.1 Å².